The zero-order valence-corrected chi connectivity index (χ0v) is 15.4. The molecule has 1 unspecified atom stereocenters. The van der Waals surface area contributed by atoms with E-state index < -0.39 is 0 Å². The third kappa shape index (κ3) is 4.09. The van der Waals surface area contributed by atoms with Gasteiger partial charge in [0.15, 0.2) is 5.82 Å². The minimum Gasteiger partial charge on any atom is -0.340 e. The van der Waals surface area contributed by atoms with Gasteiger partial charge in [0.1, 0.15) is 5.69 Å². The third-order valence-electron chi connectivity index (χ3n) is 4.60. The summed E-state index contributed by atoms with van der Waals surface area (Å²) in [5, 5.41) is 3.88. The Kier molecular flexibility index (Phi) is 5.34. The van der Waals surface area contributed by atoms with E-state index in [9.17, 15) is 9.59 Å². The number of piperidine rings is 1. The van der Waals surface area contributed by atoms with Crippen molar-refractivity contribution in [1.82, 2.24) is 29.5 Å². The Morgan fingerprint density at radius 1 is 1.42 bits per heavy atom. The second kappa shape index (κ2) is 7.67. The number of imidazole rings is 1. The summed E-state index contributed by atoms with van der Waals surface area (Å²) in [5.74, 6) is 1.00. The Morgan fingerprint density at radius 2 is 2.23 bits per heavy atom. The van der Waals surface area contributed by atoms with Crippen LogP contribution >= 0.6 is 0 Å². The van der Waals surface area contributed by atoms with Crippen LogP contribution in [0.5, 0.6) is 0 Å². The monoisotopic (exact) mass is 360 g/mol. The molecule has 1 aliphatic heterocycles. The van der Waals surface area contributed by atoms with Crippen molar-refractivity contribution in [3.63, 3.8) is 0 Å². The van der Waals surface area contributed by atoms with Crippen molar-refractivity contribution in [2.24, 2.45) is 7.05 Å². The maximum atomic E-state index is 12.6. The maximum absolute atomic E-state index is 12.6. The molecule has 0 N–H and O–H groups in total. The lowest BCUT2D eigenvalue weighted by Gasteiger charge is -2.38. The molecule has 1 fully saturated rings. The van der Waals surface area contributed by atoms with Gasteiger partial charge in [-0.05, 0) is 12.8 Å². The number of hydrogen-bond acceptors (Lipinski definition) is 6. The van der Waals surface area contributed by atoms with Crippen LogP contribution in [0.25, 0.3) is 0 Å². The molecule has 0 aromatic carbocycles. The van der Waals surface area contributed by atoms with Crippen molar-refractivity contribution < 1.29 is 14.1 Å². The fourth-order valence-electron chi connectivity index (χ4n) is 3.34. The molecule has 1 atom stereocenters. The van der Waals surface area contributed by atoms with E-state index in [2.05, 4.69) is 15.1 Å². The summed E-state index contributed by atoms with van der Waals surface area (Å²) in [4.78, 5) is 36.7. The van der Waals surface area contributed by atoms with Gasteiger partial charge in [-0.25, -0.2) is 4.98 Å². The van der Waals surface area contributed by atoms with Crippen LogP contribution in [0.15, 0.2) is 17.0 Å². The molecule has 0 spiro atoms. The molecule has 2 amide bonds. The van der Waals surface area contributed by atoms with E-state index in [4.69, 9.17) is 4.52 Å². The molecule has 0 radical (unpaired) electrons. The second-order valence-electron chi connectivity index (χ2n) is 6.66. The predicted molar refractivity (Wildman–Crippen MR) is 92.3 cm³/mol. The highest BCUT2D eigenvalue weighted by molar-refractivity contribution is 5.92. The normalized spacial score (nSPS) is 17.3. The topological polar surface area (TPSA) is 97.4 Å². The Morgan fingerprint density at radius 3 is 2.85 bits per heavy atom. The highest BCUT2D eigenvalue weighted by Crippen LogP contribution is 2.18. The number of amides is 2. The fourth-order valence-corrected chi connectivity index (χ4v) is 3.34. The van der Waals surface area contributed by atoms with E-state index >= 15 is 0 Å². The van der Waals surface area contributed by atoms with Gasteiger partial charge in [-0.15, -0.1) is 0 Å². The zero-order chi connectivity index (χ0) is 18.7. The molecule has 9 heteroatoms. The van der Waals surface area contributed by atoms with Crippen LogP contribution in [0.3, 0.4) is 0 Å². The van der Waals surface area contributed by atoms with Crippen LogP contribution in [-0.4, -0.2) is 67.0 Å². The van der Waals surface area contributed by atoms with Crippen LogP contribution < -0.4 is 0 Å². The van der Waals surface area contributed by atoms with Gasteiger partial charge in [-0.2, -0.15) is 4.98 Å². The average Bonchev–Trinajstić information content (AvgIpc) is 3.23. The molecule has 1 saturated heterocycles. The summed E-state index contributed by atoms with van der Waals surface area (Å²) in [6.07, 6.45) is 5.59. The summed E-state index contributed by atoms with van der Waals surface area (Å²) in [7, 11) is 1.83. The number of likely N-dealkylation sites (tertiary alicyclic amines) is 1. The van der Waals surface area contributed by atoms with Gasteiger partial charge >= 0.3 is 0 Å². The molecule has 3 heterocycles. The zero-order valence-electron chi connectivity index (χ0n) is 15.4. The Bertz CT molecular complexity index is 783. The summed E-state index contributed by atoms with van der Waals surface area (Å²) in [6.45, 7) is 5.00. The molecule has 9 nitrogen and oxygen atoms in total. The van der Waals surface area contributed by atoms with E-state index in [1.807, 2.05) is 11.9 Å². The molecule has 140 valence electrons. The molecule has 26 heavy (non-hydrogen) atoms. The SMILES string of the molecule is CC(=O)N(CCc1noc(C)n1)C1CCCN(C(=O)c2cn(C)cn2)C1. The highest BCUT2D eigenvalue weighted by atomic mass is 16.5. The molecular formula is C17H24N6O3. The largest absolute Gasteiger partial charge is 0.340 e. The lowest BCUT2D eigenvalue weighted by molar-refractivity contribution is -0.132. The van der Waals surface area contributed by atoms with Gasteiger partial charge in [0, 0.05) is 59.2 Å². The summed E-state index contributed by atoms with van der Waals surface area (Å²) < 4.78 is 6.73. The fraction of sp³-hybridized carbons (Fsp3) is 0.588. The first kappa shape index (κ1) is 18.1. The number of rotatable bonds is 5. The molecule has 2 aromatic heterocycles. The summed E-state index contributed by atoms with van der Waals surface area (Å²) in [6, 6.07) is -0.0121. The quantitative estimate of drug-likeness (QED) is 0.783. The Balaban J connectivity index is 1.65. The molecule has 0 aliphatic carbocycles. The van der Waals surface area contributed by atoms with Crippen LogP contribution in [0.1, 0.15) is 42.0 Å². The van der Waals surface area contributed by atoms with E-state index in [1.54, 1.807) is 35.8 Å². The van der Waals surface area contributed by atoms with Gasteiger partial charge in [0.25, 0.3) is 5.91 Å². The Labute approximate surface area is 152 Å². The van der Waals surface area contributed by atoms with Crippen LogP contribution in [0.4, 0.5) is 0 Å². The van der Waals surface area contributed by atoms with E-state index in [0.717, 1.165) is 12.8 Å². The Hall–Kier alpha value is -2.71. The first-order valence-electron chi connectivity index (χ1n) is 8.77. The first-order valence-corrected chi connectivity index (χ1v) is 8.77. The maximum Gasteiger partial charge on any atom is 0.274 e. The number of hydrogen-bond donors (Lipinski definition) is 0. The van der Waals surface area contributed by atoms with Crippen molar-refractivity contribution in [2.75, 3.05) is 19.6 Å². The minimum absolute atomic E-state index is 0.0117. The number of aromatic nitrogens is 4. The second-order valence-corrected chi connectivity index (χ2v) is 6.66. The summed E-state index contributed by atoms with van der Waals surface area (Å²) >= 11 is 0. The molecule has 2 aromatic rings. The standard InChI is InChI=1S/C17H24N6O3/c1-12-19-16(20-26-12)6-8-23(13(2)24)14-5-4-7-22(9-14)17(25)15-10-21(3)11-18-15/h10-11,14H,4-9H2,1-3H3. The average molecular weight is 360 g/mol. The molecule has 0 bridgehead atoms. The molecular weight excluding hydrogens is 336 g/mol. The van der Waals surface area contributed by atoms with E-state index in [-0.39, 0.29) is 17.9 Å². The number of carbonyl (C=O) groups excluding carboxylic acids is 2. The minimum atomic E-state index is -0.0902. The number of carbonyl (C=O) groups is 2. The van der Waals surface area contributed by atoms with Gasteiger partial charge < -0.3 is 18.9 Å². The van der Waals surface area contributed by atoms with Gasteiger partial charge in [-0.1, -0.05) is 5.16 Å². The van der Waals surface area contributed by atoms with E-state index in [0.29, 0.717) is 43.5 Å². The molecule has 0 saturated carbocycles. The van der Waals surface area contributed by atoms with Crippen molar-refractivity contribution in [3.05, 3.63) is 29.9 Å². The highest BCUT2D eigenvalue weighted by Gasteiger charge is 2.30. The molecule has 3 rings (SSSR count). The van der Waals surface area contributed by atoms with Crippen molar-refractivity contribution in [2.45, 2.75) is 39.2 Å². The van der Waals surface area contributed by atoms with Gasteiger partial charge in [0.05, 0.1) is 6.33 Å². The van der Waals surface area contributed by atoms with Crippen LogP contribution in [0.2, 0.25) is 0 Å². The first-order chi connectivity index (χ1) is 12.4. The molecule has 1 aliphatic rings. The smallest absolute Gasteiger partial charge is 0.274 e. The lowest BCUT2D eigenvalue weighted by atomic mass is 10.0. The van der Waals surface area contributed by atoms with Gasteiger partial charge in [-0.3, -0.25) is 9.59 Å². The van der Waals surface area contributed by atoms with Gasteiger partial charge in [0.2, 0.25) is 11.8 Å². The van der Waals surface area contributed by atoms with Crippen molar-refractivity contribution in [1.29, 1.82) is 0 Å². The van der Waals surface area contributed by atoms with Crippen molar-refractivity contribution in [3.8, 4) is 0 Å². The lowest BCUT2D eigenvalue weighted by Crippen LogP contribution is -2.51. The van der Waals surface area contributed by atoms with Crippen molar-refractivity contribution >= 4 is 11.8 Å². The predicted octanol–water partition coefficient (Wildman–Crippen LogP) is 0.807. The number of aryl methyl sites for hydroxylation is 2. The summed E-state index contributed by atoms with van der Waals surface area (Å²) in [5.41, 5.74) is 0.435. The number of nitrogens with zero attached hydrogens (tertiary/aromatic N) is 6. The van der Waals surface area contributed by atoms with Crippen LogP contribution in [0, 0.1) is 6.92 Å². The third-order valence-corrected chi connectivity index (χ3v) is 4.60. The van der Waals surface area contributed by atoms with E-state index in [1.165, 1.54) is 0 Å². The van der Waals surface area contributed by atoms with Crippen LogP contribution in [-0.2, 0) is 18.3 Å².